The molecule has 0 radical (unpaired) electrons. The van der Waals surface area contributed by atoms with Crippen molar-refractivity contribution in [1.29, 1.82) is 0 Å². The largest absolute Gasteiger partial charge is 0.443 e. The van der Waals surface area contributed by atoms with Gasteiger partial charge in [0, 0.05) is 11.0 Å². The van der Waals surface area contributed by atoms with Gasteiger partial charge in [0.15, 0.2) is 0 Å². The average molecular weight is 292 g/mol. The van der Waals surface area contributed by atoms with Gasteiger partial charge in [0.1, 0.15) is 17.7 Å². The molecule has 0 saturated heterocycles. The van der Waals surface area contributed by atoms with Crippen LogP contribution in [0.25, 0.3) is 0 Å². The molecule has 0 saturated carbocycles. The van der Waals surface area contributed by atoms with Crippen molar-refractivity contribution >= 4 is 6.03 Å². The summed E-state index contributed by atoms with van der Waals surface area (Å²) >= 11 is 0. The molecule has 2 rings (SSSR count). The number of rotatable bonds is 4. The molecule has 0 unspecified atom stereocenters. The van der Waals surface area contributed by atoms with E-state index in [0.717, 1.165) is 11.3 Å². The third-order valence-electron chi connectivity index (χ3n) is 2.96. The topological polar surface area (TPSA) is 93.2 Å². The van der Waals surface area contributed by atoms with Crippen LogP contribution in [0, 0.1) is 6.92 Å². The molecule has 7 nitrogen and oxygen atoms in total. The summed E-state index contributed by atoms with van der Waals surface area (Å²) in [6, 6.07) is -0.312. The molecule has 0 aliphatic heterocycles. The Balaban J connectivity index is 1.79. The van der Waals surface area contributed by atoms with Crippen molar-refractivity contribution in [2.45, 2.75) is 46.2 Å². The van der Waals surface area contributed by atoms with E-state index in [1.54, 1.807) is 6.20 Å². The molecule has 0 aromatic carbocycles. The zero-order valence-electron chi connectivity index (χ0n) is 12.7. The number of carbonyl (C=O) groups excluding carboxylic acids is 1. The van der Waals surface area contributed by atoms with Crippen molar-refractivity contribution in [2.75, 3.05) is 0 Å². The number of hydrogen-bond donors (Lipinski definition) is 2. The first-order chi connectivity index (χ1) is 9.86. The Kier molecular flexibility index (Phi) is 4.30. The summed E-state index contributed by atoms with van der Waals surface area (Å²) in [4.78, 5) is 15.8. The molecule has 0 atom stereocenters. The Morgan fingerprint density at radius 2 is 2.00 bits per heavy atom. The number of carbonyl (C=O) groups is 1. The molecule has 2 aromatic heterocycles. The van der Waals surface area contributed by atoms with Gasteiger partial charge < -0.3 is 19.6 Å². The molecule has 0 spiro atoms. The van der Waals surface area contributed by atoms with Crippen LogP contribution in [0.3, 0.4) is 0 Å². The molecule has 2 amide bonds. The van der Waals surface area contributed by atoms with Crippen LogP contribution in [0.1, 0.15) is 43.7 Å². The first-order valence-electron chi connectivity index (χ1n) is 6.73. The van der Waals surface area contributed by atoms with Crippen molar-refractivity contribution in [3.05, 3.63) is 35.4 Å². The zero-order chi connectivity index (χ0) is 15.5. The number of hydrogen-bond acceptors (Lipinski definition) is 5. The molecule has 21 heavy (non-hydrogen) atoms. The van der Waals surface area contributed by atoms with Crippen LogP contribution < -0.4 is 10.6 Å². The van der Waals surface area contributed by atoms with Crippen molar-refractivity contribution < 1.29 is 13.7 Å². The molecule has 2 heterocycles. The second kappa shape index (κ2) is 5.99. The summed E-state index contributed by atoms with van der Waals surface area (Å²) in [6.07, 6.45) is 3.23. The minimum absolute atomic E-state index is 0.0992. The van der Waals surface area contributed by atoms with Crippen LogP contribution in [0.5, 0.6) is 0 Å². The Hall–Kier alpha value is -2.31. The number of amides is 2. The highest BCUT2D eigenvalue weighted by molar-refractivity contribution is 5.73. The van der Waals surface area contributed by atoms with Crippen molar-refractivity contribution in [2.24, 2.45) is 0 Å². The average Bonchev–Trinajstić information content (AvgIpc) is 3.02. The highest BCUT2D eigenvalue weighted by Gasteiger charge is 2.19. The third-order valence-corrected chi connectivity index (χ3v) is 2.96. The highest BCUT2D eigenvalue weighted by atomic mass is 16.5. The summed E-state index contributed by atoms with van der Waals surface area (Å²) < 4.78 is 10.4. The van der Waals surface area contributed by atoms with Gasteiger partial charge in [-0.15, -0.1) is 0 Å². The maximum Gasteiger partial charge on any atom is 0.315 e. The second-order valence-corrected chi connectivity index (χ2v) is 5.85. The summed E-state index contributed by atoms with van der Waals surface area (Å²) in [5.74, 6) is 1.27. The first-order valence-corrected chi connectivity index (χ1v) is 6.73. The molecule has 7 heteroatoms. The molecule has 0 aliphatic carbocycles. The van der Waals surface area contributed by atoms with Gasteiger partial charge in [0.2, 0.25) is 5.89 Å². The van der Waals surface area contributed by atoms with Gasteiger partial charge in [0.25, 0.3) is 0 Å². The van der Waals surface area contributed by atoms with E-state index in [9.17, 15) is 4.79 Å². The first kappa shape index (κ1) is 15.1. The van der Waals surface area contributed by atoms with Crippen molar-refractivity contribution in [3.8, 4) is 0 Å². The quantitative estimate of drug-likeness (QED) is 0.901. The smallest absolute Gasteiger partial charge is 0.315 e. The van der Waals surface area contributed by atoms with Crippen LogP contribution in [0.2, 0.25) is 0 Å². The van der Waals surface area contributed by atoms with E-state index >= 15 is 0 Å². The van der Waals surface area contributed by atoms with Gasteiger partial charge in [0.05, 0.1) is 19.3 Å². The maximum absolute atomic E-state index is 11.7. The van der Waals surface area contributed by atoms with Crippen molar-refractivity contribution in [1.82, 2.24) is 20.8 Å². The number of urea groups is 1. The normalized spacial score (nSPS) is 11.4. The molecule has 0 aliphatic rings. The van der Waals surface area contributed by atoms with E-state index in [2.05, 4.69) is 20.8 Å². The Labute approximate surface area is 123 Å². The minimum atomic E-state index is -0.312. The van der Waals surface area contributed by atoms with E-state index in [1.165, 1.54) is 6.26 Å². The van der Waals surface area contributed by atoms with Crippen LogP contribution in [-0.4, -0.2) is 16.2 Å². The number of nitrogens with one attached hydrogen (secondary N) is 2. The summed E-state index contributed by atoms with van der Waals surface area (Å²) in [5.41, 5.74) is 1.51. The third kappa shape index (κ3) is 4.08. The number of oxazole rings is 1. The lowest BCUT2D eigenvalue weighted by Gasteiger charge is -2.13. The van der Waals surface area contributed by atoms with Crippen LogP contribution in [0.4, 0.5) is 4.79 Å². The second-order valence-electron chi connectivity index (χ2n) is 5.85. The molecule has 0 bridgehead atoms. The van der Waals surface area contributed by atoms with Gasteiger partial charge in [-0.2, -0.15) is 0 Å². The molecule has 2 aromatic rings. The number of nitrogens with zero attached hydrogens (tertiary/aromatic N) is 2. The molecule has 2 N–H and O–H groups in total. The van der Waals surface area contributed by atoms with Crippen LogP contribution >= 0.6 is 0 Å². The Morgan fingerprint density at radius 1 is 1.29 bits per heavy atom. The summed E-state index contributed by atoms with van der Waals surface area (Å²) in [5, 5.41) is 9.16. The fraction of sp³-hybridized carbons (Fsp3) is 0.500. The van der Waals surface area contributed by atoms with Gasteiger partial charge in [-0.25, -0.2) is 9.78 Å². The van der Waals surface area contributed by atoms with E-state index in [1.807, 2.05) is 27.7 Å². The SMILES string of the molecule is Cc1conc1CNC(=O)NCc1ncc(C(C)(C)C)o1. The molecule has 0 fully saturated rings. The lowest BCUT2D eigenvalue weighted by atomic mass is 9.94. The molecular formula is C14H20N4O3. The standard InChI is InChI=1S/C14H20N4O3/c1-9-8-20-18-10(9)5-16-13(19)17-7-12-15-6-11(21-12)14(2,3)4/h6,8H,5,7H2,1-4H3,(H2,16,17,19). The molecule has 114 valence electrons. The lowest BCUT2D eigenvalue weighted by Crippen LogP contribution is -2.34. The van der Waals surface area contributed by atoms with Crippen LogP contribution in [-0.2, 0) is 18.5 Å². The molecular weight excluding hydrogens is 272 g/mol. The fourth-order valence-electron chi connectivity index (χ4n) is 1.60. The van der Waals surface area contributed by atoms with Gasteiger partial charge in [-0.3, -0.25) is 0 Å². The van der Waals surface area contributed by atoms with Gasteiger partial charge in [-0.1, -0.05) is 25.9 Å². The predicted molar refractivity (Wildman–Crippen MR) is 75.5 cm³/mol. The van der Waals surface area contributed by atoms with E-state index in [0.29, 0.717) is 18.1 Å². The Morgan fingerprint density at radius 3 is 2.57 bits per heavy atom. The summed E-state index contributed by atoms with van der Waals surface area (Å²) in [7, 11) is 0. The summed E-state index contributed by atoms with van der Waals surface area (Å²) in [6.45, 7) is 8.53. The van der Waals surface area contributed by atoms with Gasteiger partial charge >= 0.3 is 6.03 Å². The van der Waals surface area contributed by atoms with E-state index < -0.39 is 0 Å². The number of aryl methyl sites for hydroxylation is 1. The van der Waals surface area contributed by atoms with Crippen molar-refractivity contribution in [3.63, 3.8) is 0 Å². The maximum atomic E-state index is 11.7. The fourth-order valence-corrected chi connectivity index (χ4v) is 1.60. The van der Waals surface area contributed by atoms with E-state index in [4.69, 9.17) is 8.94 Å². The predicted octanol–water partition coefficient (Wildman–Crippen LogP) is 2.27. The lowest BCUT2D eigenvalue weighted by molar-refractivity contribution is 0.238. The zero-order valence-corrected chi connectivity index (χ0v) is 12.7. The number of aromatic nitrogens is 2. The monoisotopic (exact) mass is 292 g/mol. The Bertz CT molecular complexity index is 610. The highest BCUT2D eigenvalue weighted by Crippen LogP contribution is 2.22. The minimum Gasteiger partial charge on any atom is -0.443 e. The van der Waals surface area contributed by atoms with E-state index in [-0.39, 0.29) is 18.0 Å². The van der Waals surface area contributed by atoms with Gasteiger partial charge in [-0.05, 0) is 6.92 Å². The van der Waals surface area contributed by atoms with Crippen LogP contribution in [0.15, 0.2) is 21.4 Å².